The van der Waals surface area contributed by atoms with Crippen LogP contribution in [0.25, 0.3) is 10.6 Å². The lowest BCUT2D eigenvalue weighted by Gasteiger charge is -2.28. The molecule has 0 saturated heterocycles. The second-order valence-electron chi connectivity index (χ2n) is 8.98. The standard InChI is InChI=1S/C28H35ClN4O2S/c1-4-6-7-8-10-21-13-15-22(16-14-21)27(35)33(20(3)5-2)18-17-25(34)30-28-32-31-26(36-28)23-11-9-12-24(29)19-23/h9,11-16,19-20H,4-8,10,17-18H2,1-3H3,(H,30,32,34)/t20-/m0/s1. The number of nitrogens with zero attached hydrogens (tertiary/aromatic N) is 3. The van der Waals surface area contributed by atoms with Gasteiger partial charge in [0.05, 0.1) is 0 Å². The molecule has 0 saturated carbocycles. The van der Waals surface area contributed by atoms with Gasteiger partial charge in [0.15, 0.2) is 0 Å². The van der Waals surface area contributed by atoms with Crippen molar-refractivity contribution in [2.45, 2.75) is 71.8 Å². The molecule has 0 unspecified atom stereocenters. The van der Waals surface area contributed by atoms with Gasteiger partial charge in [0, 0.05) is 35.2 Å². The fourth-order valence-corrected chi connectivity index (χ4v) is 4.84. The van der Waals surface area contributed by atoms with Crippen LogP contribution in [0, 0.1) is 0 Å². The van der Waals surface area contributed by atoms with E-state index in [1.54, 1.807) is 11.0 Å². The monoisotopic (exact) mass is 526 g/mol. The third kappa shape index (κ3) is 8.14. The van der Waals surface area contributed by atoms with Gasteiger partial charge in [-0.05, 0) is 56.0 Å². The predicted molar refractivity (Wildman–Crippen MR) is 149 cm³/mol. The van der Waals surface area contributed by atoms with Crippen molar-refractivity contribution in [1.29, 1.82) is 0 Å². The van der Waals surface area contributed by atoms with Gasteiger partial charge in [-0.1, -0.05) is 80.3 Å². The van der Waals surface area contributed by atoms with Crippen LogP contribution in [0.2, 0.25) is 5.02 Å². The van der Waals surface area contributed by atoms with Crippen molar-refractivity contribution < 1.29 is 9.59 Å². The number of hydrogen-bond acceptors (Lipinski definition) is 5. The van der Waals surface area contributed by atoms with Crippen LogP contribution < -0.4 is 5.32 Å². The molecule has 1 aromatic heterocycles. The second kappa shape index (κ2) is 14.1. The first-order chi connectivity index (χ1) is 17.4. The van der Waals surface area contributed by atoms with Crippen molar-refractivity contribution in [3.63, 3.8) is 0 Å². The molecule has 0 fully saturated rings. The van der Waals surface area contributed by atoms with Gasteiger partial charge in [-0.2, -0.15) is 0 Å². The number of rotatable bonds is 13. The maximum atomic E-state index is 13.3. The molecule has 2 amide bonds. The Morgan fingerprint density at radius 2 is 1.83 bits per heavy atom. The molecular weight excluding hydrogens is 492 g/mol. The fraction of sp³-hybridized carbons (Fsp3) is 0.429. The van der Waals surface area contributed by atoms with E-state index in [0.717, 1.165) is 18.4 Å². The molecule has 1 heterocycles. The Balaban J connectivity index is 1.57. The lowest BCUT2D eigenvalue weighted by molar-refractivity contribution is -0.116. The van der Waals surface area contributed by atoms with Crippen LogP contribution in [0.15, 0.2) is 48.5 Å². The molecule has 8 heteroatoms. The summed E-state index contributed by atoms with van der Waals surface area (Å²) in [5.41, 5.74) is 2.76. The van der Waals surface area contributed by atoms with Crippen molar-refractivity contribution in [3.8, 4) is 10.6 Å². The summed E-state index contributed by atoms with van der Waals surface area (Å²) < 4.78 is 0. The van der Waals surface area contributed by atoms with Gasteiger partial charge in [0.2, 0.25) is 11.0 Å². The average molecular weight is 527 g/mol. The van der Waals surface area contributed by atoms with E-state index in [0.29, 0.717) is 27.3 Å². The highest BCUT2D eigenvalue weighted by atomic mass is 35.5. The molecule has 0 aliphatic rings. The molecule has 6 nitrogen and oxygen atoms in total. The highest BCUT2D eigenvalue weighted by molar-refractivity contribution is 7.18. The topological polar surface area (TPSA) is 75.2 Å². The summed E-state index contributed by atoms with van der Waals surface area (Å²) in [6.07, 6.45) is 6.91. The number of aromatic nitrogens is 2. The lowest BCUT2D eigenvalue weighted by Crippen LogP contribution is -2.40. The van der Waals surface area contributed by atoms with Crippen molar-refractivity contribution in [2.75, 3.05) is 11.9 Å². The Hall–Kier alpha value is -2.77. The molecule has 0 aliphatic carbocycles. The molecule has 0 aliphatic heterocycles. The molecule has 3 rings (SSSR count). The Labute approximate surface area is 223 Å². The number of anilines is 1. The smallest absolute Gasteiger partial charge is 0.254 e. The number of aryl methyl sites for hydroxylation is 1. The zero-order valence-electron chi connectivity index (χ0n) is 21.3. The Bertz CT molecular complexity index is 1130. The van der Waals surface area contributed by atoms with Crippen molar-refractivity contribution >= 4 is 39.9 Å². The Morgan fingerprint density at radius 1 is 1.06 bits per heavy atom. The average Bonchev–Trinajstić information content (AvgIpc) is 3.35. The Kier molecular flexibility index (Phi) is 10.9. The summed E-state index contributed by atoms with van der Waals surface area (Å²) in [7, 11) is 0. The number of nitrogens with one attached hydrogen (secondary N) is 1. The summed E-state index contributed by atoms with van der Waals surface area (Å²) in [6, 6.07) is 15.3. The van der Waals surface area contributed by atoms with Crippen LogP contribution in [0.3, 0.4) is 0 Å². The van der Waals surface area contributed by atoms with Crippen molar-refractivity contribution in [3.05, 3.63) is 64.7 Å². The van der Waals surface area contributed by atoms with Gasteiger partial charge < -0.3 is 10.2 Å². The first-order valence-electron chi connectivity index (χ1n) is 12.7. The minimum Gasteiger partial charge on any atom is -0.335 e. The van der Waals surface area contributed by atoms with Gasteiger partial charge in [-0.15, -0.1) is 10.2 Å². The van der Waals surface area contributed by atoms with E-state index in [2.05, 4.69) is 22.4 Å². The van der Waals surface area contributed by atoms with Crippen molar-refractivity contribution in [2.24, 2.45) is 0 Å². The third-order valence-corrected chi connectivity index (χ3v) is 7.35. The normalized spacial score (nSPS) is 11.8. The third-order valence-electron chi connectivity index (χ3n) is 6.23. The number of amides is 2. The predicted octanol–water partition coefficient (Wildman–Crippen LogP) is 7.25. The first-order valence-corrected chi connectivity index (χ1v) is 13.9. The fourth-order valence-electron chi connectivity index (χ4n) is 3.89. The molecule has 3 aromatic rings. The second-order valence-corrected chi connectivity index (χ2v) is 10.4. The molecule has 0 radical (unpaired) electrons. The molecular formula is C28H35ClN4O2S. The van der Waals surface area contributed by atoms with Gasteiger partial charge in [0.1, 0.15) is 5.01 Å². The van der Waals surface area contributed by atoms with E-state index < -0.39 is 0 Å². The number of carbonyl (C=O) groups excluding carboxylic acids is 2. The number of benzene rings is 2. The van der Waals surface area contributed by atoms with E-state index >= 15 is 0 Å². The molecule has 1 atom stereocenters. The minimum atomic E-state index is -0.202. The summed E-state index contributed by atoms with van der Waals surface area (Å²) in [5.74, 6) is -0.249. The maximum Gasteiger partial charge on any atom is 0.254 e. The van der Waals surface area contributed by atoms with Crippen LogP contribution in [0.5, 0.6) is 0 Å². The zero-order valence-corrected chi connectivity index (χ0v) is 22.9. The van der Waals surface area contributed by atoms with Crippen LogP contribution >= 0.6 is 22.9 Å². The molecule has 0 spiro atoms. The van der Waals surface area contributed by atoms with Crippen LogP contribution in [0.1, 0.15) is 75.2 Å². The molecule has 0 bridgehead atoms. The minimum absolute atomic E-state index is 0.0231. The van der Waals surface area contributed by atoms with E-state index in [-0.39, 0.29) is 24.3 Å². The largest absolute Gasteiger partial charge is 0.335 e. The number of halogens is 1. The number of hydrogen-bond donors (Lipinski definition) is 1. The van der Waals surface area contributed by atoms with E-state index in [1.807, 2.05) is 56.3 Å². The van der Waals surface area contributed by atoms with Gasteiger partial charge in [-0.3, -0.25) is 9.59 Å². The number of carbonyl (C=O) groups is 2. The summed E-state index contributed by atoms with van der Waals surface area (Å²) in [6.45, 7) is 6.60. The van der Waals surface area contributed by atoms with E-state index in [4.69, 9.17) is 11.6 Å². The van der Waals surface area contributed by atoms with Crippen LogP contribution in [-0.2, 0) is 11.2 Å². The van der Waals surface area contributed by atoms with Gasteiger partial charge in [0.25, 0.3) is 5.91 Å². The van der Waals surface area contributed by atoms with Gasteiger partial charge in [-0.25, -0.2) is 0 Å². The Morgan fingerprint density at radius 3 is 2.53 bits per heavy atom. The van der Waals surface area contributed by atoms with E-state index in [9.17, 15) is 9.59 Å². The summed E-state index contributed by atoms with van der Waals surface area (Å²) in [4.78, 5) is 27.7. The first kappa shape index (κ1) is 27.8. The SMILES string of the molecule is CCCCCCc1ccc(C(=O)N(CCC(=O)Nc2nnc(-c3cccc(Cl)c3)s2)[C@@H](C)CC)cc1. The maximum absolute atomic E-state index is 13.3. The lowest BCUT2D eigenvalue weighted by atomic mass is 10.0. The highest BCUT2D eigenvalue weighted by Gasteiger charge is 2.22. The molecule has 192 valence electrons. The molecule has 1 N–H and O–H groups in total. The summed E-state index contributed by atoms with van der Waals surface area (Å²) >= 11 is 7.34. The van der Waals surface area contributed by atoms with Gasteiger partial charge >= 0.3 is 0 Å². The zero-order chi connectivity index (χ0) is 25.9. The highest BCUT2D eigenvalue weighted by Crippen LogP contribution is 2.28. The molecule has 2 aromatic carbocycles. The van der Waals surface area contributed by atoms with E-state index in [1.165, 1.54) is 42.6 Å². The van der Waals surface area contributed by atoms with Crippen LogP contribution in [-0.4, -0.2) is 39.5 Å². The quantitative estimate of drug-likeness (QED) is 0.238. The van der Waals surface area contributed by atoms with Crippen molar-refractivity contribution in [1.82, 2.24) is 15.1 Å². The molecule has 36 heavy (non-hydrogen) atoms. The summed E-state index contributed by atoms with van der Waals surface area (Å²) in [5, 5.41) is 12.8. The number of unbranched alkanes of at least 4 members (excludes halogenated alkanes) is 3. The van der Waals surface area contributed by atoms with Crippen LogP contribution in [0.4, 0.5) is 5.13 Å².